The van der Waals surface area contributed by atoms with Crippen molar-refractivity contribution in [3.63, 3.8) is 0 Å². The molecule has 1 aromatic carbocycles. The van der Waals surface area contributed by atoms with Gasteiger partial charge in [0.2, 0.25) is 0 Å². The van der Waals surface area contributed by atoms with Crippen molar-refractivity contribution in [2.45, 2.75) is 31.8 Å². The summed E-state index contributed by atoms with van der Waals surface area (Å²) in [6.45, 7) is 2.18. The van der Waals surface area contributed by atoms with Crippen LogP contribution in [0, 0.1) is 0 Å². The standard InChI is InChI=1S/C17H23N5O2/c1-24-15-7-5-14(6-8-15)16-4-2-11-22(16)17(23)19-9-3-10-21-13-18-12-20-21/h5-8,12-13,16H,2-4,9-11H2,1H3,(H,19,23). The van der Waals surface area contributed by atoms with Crippen molar-refractivity contribution in [1.29, 1.82) is 0 Å². The molecule has 1 unspecified atom stereocenters. The molecule has 7 nitrogen and oxygen atoms in total. The molecule has 1 atom stereocenters. The van der Waals surface area contributed by atoms with Crippen LogP contribution in [0.4, 0.5) is 4.79 Å². The highest BCUT2D eigenvalue weighted by molar-refractivity contribution is 5.75. The van der Waals surface area contributed by atoms with Crippen molar-refractivity contribution < 1.29 is 9.53 Å². The minimum atomic E-state index is 0.00640. The van der Waals surface area contributed by atoms with Crippen LogP contribution in [0.15, 0.2) is 36.9 Å². The number of aromatic nitrogens is 3. The normalized spacial score (nSPS) is 17.0. The molecule has 0 bridgehead atoms. The van der Waals surface area contributed by atoms with Crippen molar-refractivity contribution >= 4 is 6.03 Å². The largest absolute Gasteiger partial charge is 0.497 e. The number of ether oxygens (including phenoxy) is 1. The van der Waals surface area contributed by atoms with Crippen LogP contribution < -0.4 is 10.1 Å². The maximum absolute atomic E-state index is 12.5. The molecule has 0 radical (unpaired) electrons. The van der Waals surface area contributed by atoms with E-state index in [1.165, 1.54) is 6.33 Å². The Balaban J connectivity index is 1.51. The van der Waals surface area contributed by atoms with Crippen LogP contribution in [0.25, 0.3) is 0 Å². The first-order chi connectivity index (χ1) is 11.8. The number of urea groups is 1. The van der Waals surface area contributed by atoms with Crippen LogP contribution in [-0.2, 0) is 6.54 Å². The maximum Gasteiger partial charge on any atom is 0.317 e. The predicted molar refractivity (Wildman–Crippen MR) is 89.7 cm³/mol. The lowest BCUT2D eigenvalue weighted by atomic mass is 10.0. The quantitative estimate of drug-likeness (QED) is 0.825. The van der Waals surface area contributed by atoms with Crippen LogP contribution in [-0.4, -0.2) is 45.9 Å². The number of hydrogen-bond acceptors (Lipinski definition) is 4. The van der Waals surface area contributed by atoms with Gasteiger partial charge in [0.15, 0.2) is 0 Å². The maximum atomic E-state index is 12.5. The zero-order chi connectivity index (χ0) is 16.8. The summed E-state index contributed by atoms with van der Waals surface area (Å²) >= 11 is 0. The first-order valence-corrected chi connectivity index (χ1v) is 8.29. The van der Waals surface area contributed by atoms with E-state index in [9.17, 15) is 4.79 Å². The summed E-state index contributed by atoms with van der Waals surface area (Å²) in [5.41, 5.74) is 1.16. The number of nitrogens with one attached hydrogen (secondary N) is 1. The number of carbonyl (C=O) groups is 1. The first kappa shape index (κ1) is 16.3. The average molecular weight is 329 g/mol. The number of rotatable bonds is 6. The highest BCUT2D eigenvalue weighted by atomic mass is 16.5. The number of methoxy groups -OCH3 is 1. The van der Waals surface area contributed by atoms with E-state index < -0.39 is 0 Å². The van der Waals surface area contributed by atoms with Gasteiger partial charge >= 0.3 is 6.03 Å². The molecule has 1 fully saturated rings. The second-order valence-electron chi connectivity index (χ2n) is 5.87. The summed E-state index contributed by atoms with van der Waals surface area (Å²) in [7, 11) is 1.66. The Morgan fingerprint density at radius 1 is 1.38 bits per heavy atom. The Morgan fingerprint density at radius 2 is 2.21 bits per heavy atom. The Morgan fingerprint density at radius 3 is 2.92 bits per heavy atom. The van der Waals surface area contributed by atoms with Gasteiger partial charge in [-0.2, -0.15) is 5.10 Å². The third-order valence-electron chi connectivity index (χ3n) is 4.32. The first-order valence-electron chi connectivity index (χ1n) is 8.29. The van der Waals surface area contributed by atoms with E-state index in [-0.39, 0.29) is 12.1 Å². The molecule has 1 aliphatic rings. The lowest BCUT2D eigenvalue weighted by Gasteiger charge is -2.25. The molecule has 1 N–H and O–H groups in total. The molecule has 2 amide bonds. The van der Waals surface area contributed by atoms with Gasteiger partial charge in [0.05, 0.1) is 13.2 Å². The Labute approximate surface area is 141 Å². The van der Waals surface area contributed by atoms with E-state index in [1.807, 2.05) is 29.2 Å². The lowest BCUT2D eigenvalue weighted by Crippen LogP contribution is -2.40. The van der Waals surface area contributed by atoms with Gasteiger partial charge in [-0.05, 0) is 37.0 Å². The van der Waals surface area contributed by atoms with Crippen LogP contribution in [0.3, 0.4) is 0 Å². The SMILES string of the molecule is COc1ccc(C2CCCN2C(=O)NCCCn2cncn2)cc1. The highest BCUT2D eigenvalue weighted by Gasteiger charge is 2.29. The molecule has 24 heavy (non-hydrogen) atoms. The van der Waals surface area contributed by atoms with Gasteiger partial charge in [0, 0.05) is 19.6 Å². The van der Waals surface area contributed by atoms with Crippen molar-refractivity contribution in [3.8, 4) is 5.75 Å². The van der Waals surface area contributed by atoms with Gasteiger partial charge in [-0.25, -0.2) is 9.78 Å². The number of carbonyl (C=O) groups excluding carboxylic acids is 1. The predicted octanol–water partition coefficient (Wildman–Crippen LogP) is 2.22. The van der Waals surface area contributed by atoms with Crippen molar-refractivity contribution in [3.05, 3.63) is 42.5 Å². The summed E-state index contributed by atoms with van der Waals surface area (Å²) in [6.07, 6.45) is 6.06. The fourth-order valence-electron chi connectivity index (χ4n) is 3.07. The Kier molecular flexibility index (Phi) is 5.30. The molecule has 0 spiro atoms. The fraction of sp³-hybridized carbons (Fsp3) is 0.471. The van der Waals surface area contributed by atoms with Crippen LogP contribution in [0.2, 0.25) is 0 Å². The van der Waals surface area contributed by atoms with Crippen LogP contribution in [0.1, 0.15) is 30.9 Å². The molecule has 2 heterocycles. The molecule has 3 rings (SSSR count). The molecule has 1 saturated heterocycles. The summed E-state index contributed by atoms with van der Waals surface area (Å²) in [5, 5.41) is 7.06. The third kappa shape index (κ3) is 3.84. The van der Waals surface area contributed by atoms with Crippen molar-refractivity contribution in [2.24, 2.45) is 0 Å². The molecule has 0 aliphatic carbocycles. The zero-order valence-electron chi connectivity index (χ0n) is 13.9. The van der Waals surface area contributed by atoms with E-state index in [1.54, 1.807) is 18.1 Å². The summed E-state index contributed by atoms with van der Waals surface area (Å²) in [6, 6.07) is 8.13. The summed E-state index contributed by atoms with van der Waals surface area (Å²) in [5.74, 6) is 0.834. The molecular weight excluding hydrogens is 306 g/mol. The molecule has 0 saturated carbocycles. The van der Waals surface area contributed by atoms with Gasteiger partial charge in [0.1, 0.15) is 18.4 Å². The molecule has 1 aromatic heterocycles. The number of hydrogen-bond donors (Lipinski definition) is 1. The van der Waals surface area contributed by atoms with E-state index in [4.69, 9.17) is 4.74 Å². The topological polar surface area (TPSA) is 72.3 Å². The van der Waals surface area contributed by atoms with Gasteiger partial charge < -0.3 is 15.0 Å². The zero-order valence-corrected chi connectivity index (χ0v) is 13.9. The molecule has 7 heteroatoms. The Hall–Kier alpha value is -2.57. The van der Waals surface area contributed by atoms with E-state index in [2.05, 4.69) is 15.4 Å². The number of amides is 2. The lowest BCUT2D eigenvalue weighted by molar-refractivity contribution is 0.192. The molecule has 128 valence electrons. The third-order valence-corrected chi connectivity index (χ3v) is 4.32. The number of benzene rings is 1. The highest BCUT2D eigenvalue weighted by Crippen LogP contribution is 2.32. The van der Waals surface area contributed by atoms with E-state index >= 15 is 0 Å². The van der Waals surface area contributed by atoms with E-state index in [0.717, 1.165) is 43.7 Å². The second-order valence-corrected chi connectivity index (χ2v) is 5.87. The van der Waals surface area contributed by atoms with E-state index in [0.29, 0.717) is 6.54 Å². The fourth-order valence-corrected chi connectivity index (χ4v) is 3.07. The molecular formula is C17H23N5O2. The van der Waals surface area contributed by atoms with Gasteiger partial charge in [-0.15, -0.1) is 0 Å². The van der Waals surface area contributed by atoms with Crippen molar-refractivity contribution in [1.82, 2.24) is 25.0 Å². The van der Waals surface area contributed by atoms with Gasteiger partial charge in [-0.1, -0.05) is 12.1 Å². The smallest absolute Gasteiger partial charge is 0.317 e. The number of nitrogens with zero attached hydrogens (tertiary/aromatic N) is 4. The minimum absolute atomic E-state index is 0.00640. The number of likely N-dealkylation sites (tertiary alicyclic amines) is 1. The molecule has 2 aromatic rings. The van der Waals surface area contributed by atoms with Crippen molar-refractivity contribution in [2.75, 3.05) is 20.2 Å². The molecule has 1 aliphatic heterocycles. The van der Waals surface area contributed by atoms with Crippen LogP contribution in [0.5, 0.6) is 5.75 Å². The van der Waals surface area contributed by atoms with Gasteiger partial charge in [-0.3, -0.25) is 4.68 Å². The monoisotopic (exact) mass is 329 g/mol. The number of aryl methyl sites for hydroxylation is 1. The summed E-state index contributed by atoms with van der Waals surface area (Å²) in [4.78, 5) is 18.3. The summed E-state index contributed by atoms with van der Waals surface area (Å²) < 4.78 is 6.96. The minimum Gasteiger partial charge on any atom is -0.497 e. The average Bonchev–Trinajstić information content (AvgIpc) is 3.30. The van der Waals surface area contributed by atoms with Gasteiger partial charge in [0.25, 0.3) is 0 Å². The second kappa shape index (κ2) is 7.81. The van der Waals surface area contributed by atoms with Crippen LogP contribution >= 0.6 is 0 Å². The Bertz CT molecular complexity index is 642.